The van der Waals surface area contributed by atoms with Gasteiger partial charge in [-0.1, -0.05) is 29.8 Å². The molecule has 0 aromatic heterocycles. The molecule has 2 aromatic rings. The van der Waals surface area contributed by atoms with Crippen molar-refractivity contribution in [2.24, 2.45) is 0 Å². The van der Waals surface area contributed by atoms with E-state index in [2.05, 4.69) is 4.72 Å². The third-order valence-corrected chi connectivity index (χ3v) is 4.53. The highest BCUT2D eigenvalue weighted by Crippen LogP contribution is 2.17. The van der Waals surface area contributed by atoms with E-state index in [0.717, 1.165) is 12.1 Å². The van der Waals surface area contributed by atoms with Gasteiger partial charge in [0.1, 0.15) is 10.7 Å². The Bertz CT molecular complexity index is 732. The summed E-state index contributed by atoms with van der Waals surface area (Å²) in [6, 6.07) is 10.1. The highest BCUT2D eigenvalue weighted by atomic mass is 35.5. The van der Waals surface area contributed by atoms with Crippen LogP contribution in [0.15, 0.2) is 47.4 Å². The Kier molecular flexibility index (Phi) is 4.95. The number of aliphatic hydroxyl groups is 1. The van der Waals surface area contributed by atoms with Gasteiger partial charge in [-0.05, 0) is 35.4 Å². The highest BCUT2D eigenvalue weighted by Gasteiger charge is 2.18. The number of halogens is 2. The third-order valence-electron chi connectivity index (χ3n) is 2.85. The van der Waals surface area contributed by atoms with Crippen LogP contribution in [-0.2, 0) is 23.2 Å². The van der Waals surface area contributed by atoms with Crippen molar-refractivity contribution < 1.29 is 17.9 Å². The van der Waals surface area contributed by atoms with E-state index < -0.39 is 20.7 Å². The topological polar surface area (TPSA) is 66.4 Å². The van der Waals surface area contributed by atoms with Crippen LogP contribution in [0, 0.1) is 5.82 Å². The lowest BCUT2D eigenvalue weighted by Crippen LogP contribution is -2.24. The fraction of sp³-hybridized carbons (Fsp3) is 0.143. The number of hydrogen-bond donors (Lipinski definition) is 2. The van der Waals surface area contributed by atoms with Crippen molar-refractivity contribution >= 4 is 21.6 Å². The van der Waals surface area contributed by atoms with E-state index in [1.165, 1.54) is 6.07 Å². The maximum Gasteiger partial charge on any atom is 0.243 e. The number of nitrogens with one attached hydrogen (secondary N) is 1. The zero-order chi connectivity index (χ0) is 15.5. The molecular formula is C14H13ClFNO3S. The van der Waals surface area contributed by atoms with Crippen LogP contribution in [-0.4, -0.2) is 13.5 Å². The maximum atomic E-state index is 13.8. The average molecular weight is 330 g/mol. The fourth-order valence-electron chi connectivity index (χ4n) is 1.72. The zero-order valence-corrected chi connectivity index (χ0v) is 12.5. The van der Waals surface area contributed by atoms with E-state index in [9.17, 15) is 12.8 Å². The smallest absolute Gasteiger partial charge is 0.243 e. The normalized spacial score (nSPS) is 11.6. The molecular weight excluding hydrogens is 317 g/mol. The summed E-state index contributed by atoms with van der Waals surface area (Å²) in [5, 5.41) is 9.44. The Labute approximate surface area is 127 Å². The molecule has 0 amide bonds. The third kappa shape index (κ3) is 4.01. The van der Waals surface area contributed by atoms with Gasteiger partial charge in [0.25, 0.3) is 0 Å². The molecule has 2 N–H and O–H groups in total. The fourth-order valence-corrected chi connectivity index (χ4v) is 2.92. The highest BCUT2D eigenvalue weighted by molar-refractivity contribution is 7.89. The van der Waals surface area contributed by atoms with Gasteiger partial charge in [-0.15, -0.1) is 0 Å². The number of sulfonamides is 1. The first-order valence-electron chi connectivity index (χ1n) is 6.06. The molecule has 0 radical (unpaired) electrons. The van der Waals surface area contributed by atoms with Gasteiger partial charge in [0, 0.05) is 11.6 Å². The molecule has 0 unspecified atom stereocenters. The summed E-state index contributed by atoms with van der Waals surface area (Å²) in [4.78, 5) is -0.450. The van der Waals surface area contributed by atoms with Gasteiger partial charge in [-0.3, -0.25) is 0 Å². The second-order valence-electron chi connectivity index (χ2n) is 4.37. The predicted octanol–water partition coefficient (Wildman–Crippen LogP) is 2.45. The summed E-state index contributed by atoms with van der Waals surface area (Å²) in [7, 11) is -3.96. The van der Waals surface area contributed by atoms with E-state index in [4.69, 9.17) is 16.7 Å². The minimum Gasteiger partial charge on any atom is -0.392 e. The van der Waals surface area contributed by atoms with Crippen LogP contribution in [0.4, 0.5) is 4.39 Å². The van der Waals surface area contributed by atoms with Gasteiger partial charge in [0.15, 0.2) is 0 Å². The molecule has 0 saturated carbocycles. The number of hydrogen-bond acceptors (Lipinski definition) is 3. The van der Waals surface area contributed by atoms with Crippen LogP contribution in [0.2, 0.25) is 5.02 Å². The van der Waals surface area contributed by atoms with Crippen LogP contribution in [0.5, 0.6) is 0 Å². The van der Waals surface area contributed by atoms with E-state index in [1.54, 1.807) is 24.3 Å². The lowest BCUT2D eigenvalue weighted by Gasteiger charge is -2.08. The summed E-state index contributed by atoms with van der Waals surface area (Å²) in [6.45, 7) is -0.323. The van der Waals surface area contributed by atoms with Gasteiger partial charge in [0.05, 0.1) is 6.61 Å². The second kappa shape index (κ2) is 6.53. The molecule has 0 aliphatic heterocycles. The lowest BCUT2D eigenvalue weighted by atomic mass is 10.2. The predicted molar refractivity (Wildman–Crippen MR) is 77.8 cm³/mol. The van der Waals surface area contributed by atoms with Crippen LogP contribution in [0.25, 0.3) is 0 Å². The van der Waals surface area contributed by atoms with Crippen molar-refractivity contribution in [1.82, 2.24) is 4.72 Å². The number of benzene rings is 2. The number of rotatable bonds is 5. The monoisotopic (exact) mass is 329 g/mol. The summed E-state index contributed by atoms with van der Waals surface area (Å²) in [6.07, 6.45) is 0. The average Bonchev–Trinajstić information content (AvgIpc) is 2.46. The molecule has 0 atom stereocenters. The maximum absolute atomic E-state index is 13.8. The van der Waals surface area contributed by atoms with Gasteiger partial charge < -0.3 is 5.11 Å². The molecule has 112 valence electrons. The summed E-state index contributed by atoms with van der Waals surface area (Å²) < 4.78 is 40.2. The molecule has 0 saturated heterocycles. The van der Waals surface area contributed by atoms with Gasteiger partial charge in [-0.2, -0.15) is 0 Å². The second-order valence-corrected chi connectivity index (χ2v) is 6.55. The Balaban J connectivity index is 2.16. The SMILES string of the molecule is O=S(=O)(NCc1ccc(Cl)cc1)c1ccc(CO)cc1F. The Morgan fingerprint density at radius 3 is 2.29 bits per heavy atom. The first-order valence-corrected chi connectivity index (χ1v) is 7.92. The Hall–Kier alpha value is -1.47. The van der Waals surface area contributed by atoms with Crippen molar-refractivity contribution in [1.29, 1.82) is 0 Å². The molecule has 21 heavy (non-hydrogen) atoms. The molecule has 0 bridgehead atoms. The standard InChI is InChI=1S/C14H13ClFNO3S/c15-12-4-1-10(2-5-12)8-17-21(19,20)14-6-3-11(9-18)7-13(14)16/h1-7,17-18H,8-9H2. The van der Waals surface area contributed by atoms with Crippen LogP contribution in [0.3, 0.4) is 0 Å². The first-order chi connectivity index (χ1) is 9.92. The largest absolute Gasteiger partial charge is 0.392 e. The number of aliphatic hydroxyl groups excluding tert-OH is 1. The van der Waals surface area contributed by atoms with Crippen molar-refractivity contribution in [3.8, 4) is 0 Å². The van der Waals surface area contributed by atoms with Crippen LogP contribution in [0.1, 0.15) is 11.1 Å². The van der Waals surface area contributed by atoms with Crippen molar-refractivity contribution in [2.75, 3.05) is 0 Å². The van der Waals surface area contributed by atoms with Gasteiger partial charge in [-0.25, -0.2) is 17.5 Å². The lowest BCUT2D eigenvalue weighted by molar-refractivity contribution is 0.281. The minimum atomic E-state index is -3.96. The van der Waals surface area contributed by atoms with Gasteiger partial charge >= 0.3 is 0 Å². The molecule has 2 aromatic carbocycles. The molecule has 0 aliphatic rings. The zero-order valence-electron chi connectivity index (χ0n) is 10.9. The summed E-state index contributed by atoms with van der Waals surface area (Å²) in [5.41, 5.74) is 1.01. The Morgan fingerprint density at radius 2 is 1.71 bits per heavy atom. The summed E-state index contributed by atoms with van der Waals surface area (Å²) in [5.74, 6) is -0.898. The van der Waals surface area contributed by atoms with E-state index in [0.29, 0.717) is 16.1 Å². The molecule has 7 heteroatoms. The molecule has 0 aliphatic carbocycles. The van der Waals surface area contributed by atoms with Crippen molar-refractivity contribution in [2.45, 2.75) is 18.0 Å². The van der Waals surface area contributed by atoms with Crippen molar-refractivity contribution in [3.05, 3.63) is 64.4 Å². The summed E-state index contributed by atoms with van der Waals surface area (Å²) >= 11 is 5.74. The molecule has 0 heterocycles. The molecule has 0 spiro atoms. The van der Waals surface area contributed by atoms with Crippen molar-refractivity contribution in [3.63, 3.8) is 0 Å². The van der Waals surface area contributed by atoms with E-state index in [-0.39, 0.29) is 13.2 Å². The minimum absolute atomic E-state index is 0.0285. The van der Waals surface area contributed by atoms with Crippen LogP contribution >= 0.6 is 11.6 Å². The quantitative estimate of drug-likeness (QED) is 0.885. The van der Waals surface area contributed by atoms with Gasteiger partial charge in [0.2, 0.25) is 10.0 Å². The molecule has 4 nitrogen and oxygen atoms in total. The van der Waals surface area contributed by atoms with Crippen LogP contribution < -0.4 is 4.72 Å². The molecule has 0 fully saturated rings. The Morgan fingerprint density at radius 1 is 1.10 bits per heavy atom. The molecule has 2 rings (SSSR count). The van der Waals surface area contributed by atoms with E-state index >= 15 is 0 Å². The first kappa shape index (κ1) is 15.9. The van der Waals surface area contributed by atoms with E-state index in [1.807, 2.05) is 0 Å².